The zero-order valence-corrected chi connectivity index (χ0v) is 10.6. The molecule has 0 radical (unpaired) electrons. The summed E-state index contributed by atoms with van der Waals surface area (Å²) in [6, 6.07) is 3.48. The van der Waals surface area contributed by atoms with Crippen LogP contribution < -0.4 is 5.32 Å². The van der Waals surface area contributed by atoms with E-state index in [2.05, 4.69) is 10.3 Å². The third kappa shape index (κ3) is 2.98. The molecule has 1 heterocycles. The standard InChI is InChI=1S/C12H16N2O2S/c1-17-10-6-9(2-5-13-10)11(16)14-7-12(8-15)3-4-12/h2,5-6,15H,3-4,7-8H2,1H3,(H,14,16). The Kier molecular flexibility index (Phi) is 3.69. The Morgan fingerprint density at radius 3 is 3.00 bits per heavy atom. The van der Waals surface area contributed by atoms with Crippen molar-refractivity contribution in [2.75, 3.05) is 19.4 Å². The van der Waals surface area contributed by atoms with Crippen LogP contribution in [0.1, 0.15) is 23.2 Å². The van der Waals surface area contributed by atoms with Gasteiger partial charge in [0.2, 0.25) is 0 Å². The van der Waals surface area contributed by atoms with Crippen molar-refractivity contribution < 1.29 is 9.90 Å². The molecule has 0 aromatic carbocycles. The first-order valence-electron chi connectivity index (χ1n) is 5.58. The van der Waals surface area contributed by atoms with Gasteiger partial charge in [0, 0.05) is 23.7 Å². The first kappa shape index (κ1) is 12.4. The Balaban J connectivity index is 1.95. The van der Waals surface area contributed by atoms with Gasteiger partial charge in [-0.2, -0.15) is 0 Å². The monoisotopic (exact) mass is 252 g/mol. The maximum absolute atomic E-state index is 11.9. The molecule has 1 aliphatic rings. The molecule has 17 heavy (non-hydrogen) atoms. The smallest absolute Gasteiger partial charge is 0.251 e. The van der Waals surface area contributed by atoms with Crippen LogP contribution >= 0.6 is 11.8 Å². The lowest BCUT2D eigenvalue weighted by Gasteiger charge is -2.12. The SMILES string of the molecule is CSc1cc(C(=O)NCC2(CO)CC2)ccn1. The van der Waals surface area contributed by atoms with E-state index in [1.807, 2.05) is 6.26 Å². The fourth-order valence-electron chi connectivity index (χ4n) is 1.60. The predicted octanol–water partition coefficient (Wildman–Crippen LogP) is 1.31. The van der Waals surface area contributed by atoms with Gasteiger partial charge < -0.3 is 10.4 Å². The zero-order valence-electron chi connectivity index (χ0n) is 9.77. The van der Waals surface area contributed by atoms with Gasteiger partial charge >= 0.3 is 0 Å². The van der Waals surface area contributed by atoms with Gasteiger partial charge in [0.15, 0.2) is 0 Å². The zero-order chi connectivity index (χ0) is 12.3. The lowest BCUT2D eigenvalue weighted by Crippen LogP contribution is -2.31. The highest BCUT2D eigenvalue weighted by atomic mass is 32.2. The van der Waals surface area contributed by atoms with Gasteiger partial charge in [-0.25, -0.2) is 4.98 Å². The summed E-state index contributed by atoms with van der Waals surface area (Å²) in [5.74, 6) is -0.0950. The highest BCUT2D eigenvalue weighted by Gasteiger charge is 2.42. The summed E-state index contributed by atoms with van der Waals surface area (Å²) < 4.78 is 0. The van der Waals surface area contributed by atoms with Gasteiger partial charge in [0.25, 0.3) is 5.91 Å². The third-order valence-electron chi connectivity index (χ3n) is 3.12. The first-order chi connectivity index (χ1) is 8.19. The molecule has 1 aromatic rings. The fourth-order valence-corrected chi connectivity index (χ4v) is 2.01. The molecule has 1 aromatic heterocycles. The molecule has 1 fully saturated rings. The quantitative estimate of drug-likeness (QED) is 0.776. The molecular formula is C12H16N2O2S. The lowest BCUT2D eigenvalue weighted by molar-refractivity contribution is 0.0935. The molecule has 92 valence electrons. The van der Waals surface area contributed by atoms with E-state index >= 15 is 0 Å². The van der Waals surface area contributed by atoms with Crippen LogP contribution in [0.4, 0.5) is 0 Å². The third-order valence-corrected chi connectivity index (χ3v) is 3.76. The van der Waals surface area contributed by atoms with Crippen LogP contribution in [-0.2, 0) is 0 Å². The molecule has 2 N–H and O–H groups in total. The number of hydrogen-bond acceptors (Lipinski definition) is 4. The van der Waals surface area contributed by atoms with Crippen molar-refractivity contribution >= 4 is 17.7 Å². The summed E-state index contributed by atoms with van der Waals surface area (Å²) in [5, 5.41) is 12.9. The van der Waals surface area contributed by atoms with Crippen LogP contribution in [0.15, 0.2) is 23.4 Å². The van der Waals surface area contributed by atoms with E-state index < -0.39 is 0 Å². The van der Waals surface area contributed by atoms with Crippen molar-refractivity contribution in [1.82, 2.24) is 10.3 Å². The molecule has 1 aliphatic carbocycles. The Bertz CT molecular complexity index is 419. The number of pyridine rings is 1. The summed E-state index contributed by atoms with van der Waals surface area (Å²) >= 11 is 1.51. The fraction of sp³-hybridized carbons (Fsp3) is 0.500. The van der Waals surface area contributed by atoms with Gasteiger partial charge in [-0.05, 0) is 31.2 Å². The molecule has 1 saturated carbocycles. The van der Waals surface area contributed by atoms with Gasteiger partial charge in [0.1, 0.15) is 0 Å². The average Bonchev–Trinajstić information content (AvgIpc) is 3.17. The Labute approximate surface area is 105 Å². The van der Waals surface area contributed by atoms with Gasteiger partial charge in [0.05, 0.1) is 11.6 Å². The topological polar surface area (TPSA) is 62.2 Å². The number of amides is 1. The van der Waals surface area contributed by atoms with Crippen LogP contribution in [0.2, 0.25) is 0 Å². The Hall–Kier alpha value is -1.07. The molecule has 0 bridgehead atoms. The van der Waals surface area contributed by atoms with Crippen molar-refractivity contribution in [3.63, 3.8) is 0 Å². The summed E-state index contributed by atoms with van der Waals surface area (Å²) in [4.78, 5) is 16.0. The molecule has 2 rings (SSSR count). The second kappa shape index (κ2) is 5.06. The van der Waals surface area contributed by atoms with Gasteiger partial charge in [-0.3, -0.25) is 4.79 Å². The number of carbonyl (C=O) groups excluding carboxylic acids is 1. The van der Waals surface area contributed by atoms with Crippen LogP contribution in [0.25, 0.3) is 0 Å². The molecule has 4 nitrogen and oxygen atoms in total. The first-order valence-corrected chi connectivity index (χ1v) is 6.81. The maximum Gasteiger partial charge on any atom is 0.251 e. The van der Waals surface area contributed by atoms with Crippen molar-refractivity contribution in [2.24, 2.45) is 5.41 Å². The second-order valence-electron chi connectivity index (χ2n) is 4.43. The normalized spacial score (nSPS) is 16.6. The minimum Gasteiger partial charge on any atom is -0.396 e. The highest BCUT2D eigenvalue weighted by Crippen LogP contribution is 2.44. The van der Waals surface area contributed by atoms with Gasteiger partial charge in [-0.1, -0.05) is 0 Å². The van der Waals surface area contributed by atoms with E-state index in [-0.39, 0.29) is 17.9 Å². The van der Waals surface area contributed by atoms with Crippen molar-refractivity contribution in [3.8, 4) is 0 Å². The van der Waals surface area contributed by atoms with Crippen molar-refractivity contribution in [3.05, 3.63) is 23.9 Å². The van der Waals surface area contributed by atoms with E-state index in [1.165, 1.54) is 11.8 Å². The largest absolute Gasteiger partial charge is 0.396 e. The number of aliphatic hydroxyl groups is 1. The van der Waals surface area contributed by atoms with Crippen LogP contribution in [-0.4, -0.2) is 35.4 Å². The van der Waals surface area contributed by atoms with Crippen LogP contribution in [0.5, 0.6) is 0 Å². The number of nitrogens with zero attached hydrogens (tertiary/aromatic N) is 1. The number of carbonyl (C=O) groups is 1. The molecule has 0 spiro atoms. The van der Waals surface area contributed by atoms with Crippen molar-refractivity contribution in [2.45, 2.75) is 17.9 Å². The summed E-state index contributed by atoms with van der Waals surface area (Å²) in [6.45, 7) is 0.707. The molecule has 1 amide bonds. The van der Waals surface area contributed by atoms with E-state index in [9.17, 15) is 4.79 Å². The number of thioether (sulfide) groups is 1. The van der Waals surface area contributed by atoms with Gasteiger partial charge in [-0.15, -0.1) is 11.8 Å². The number of nitrogens with one attached hydrogen (secondary N) is 1. The maximum atomic E-state index is 11.9. The molecule has 0 atom stereocenters. The number of hydrogen-bond donors (Lipinski definition) is 2. The van der Waals surface area contributed by atoms with Crippen molar-refractivity contribution in [1.29, 1.82) is 0 Å². The Morgan fingerprint density at radius 2 is 2.41 bits per heavy atom. The molecule has 0 saturated heterocycles. The van der Waals surface area contributed by atoms with E-state index in [0.29, 0.717) is 12.1 Å². The Morgan fingerprint density at radius 1 is 1.65 bits per heavy atom. The minimum atomic E-state index is -0.0950. The number of rotatable bonds is 5. The minimum absolute atomic E-state index is 0.0506. The molecular weight excluding hydrogens is 236 g/mol. The molecule has 5 heteroatoms. The molecule has 0 aliphatic heterocycles. The average molecular weight is 252 g/mol. The van der Waals surface area contributed by atoms with Crippen LogP contribution in [0, 0.1) is 5.41 Å². The number of aromatic nitrogens is 1. The second-order valence-corrected chi connectivity index (χ2v) is 5.25. The summed E-state index contributed by atoms with van der Waals surface area (Å²) in [5.41, 5.74) is 0.573. The lowest BCUT2D eigenvalue weighted by atomic mass is 10.1. The summed E-state index contributed by atoms with van der Waals surface area (Å²) in [6.07, 6.45) is 5.56. The van der Waals surface area contributed by atoms with E-state index in [1.54, 1.807) is 18.3 Å². The predicted molar refractivity (Wildman–Crippen MR) is 67.1 cm³/mol. The summed E-state index contributed by atoms with van der Waals surface area (Å²) in [7, 11) is 0. The van der Waals surface area contributed by atoms with E-state index in [4.69, 9.17) is 5.11 Å². The molecule has 0 unspecified atom stereocenters. The van der Waals surface area contributed by atoms with E-state index in [0.717, 1.165) is 17.9 Å². The van der Waals surface area contributed by atoms with Crippen LogP contribution in [0.3, 0.4) is 0 Å². The highest BCUT2D eigenvalue weighted by molar-refractivity contribution is 7.98. The number of aliphatic hydroxyl groups excluding tert-OH is 1.